The molecular weight excluding hydrogens is 394 g/mol. The number of thiocarbonyl (C=S) groups is 1. The third-order valence-corrected chi connectivity index (χ3v) is 6.22. The maximum atomic E-state index is 5.94. The lowest BCUT2D eigenvalue weighted by atomic mass is 10.0. The van der Waals surface area contributed by atoms with Crippen LogP contribution in [0.1, 0.15) is 41.9 Å². The zero-order chi connectivity index (χ0) is 20.3. The summed E-state index contributed by atoms with van der Waals surface area (Å²) < 4.78 is 8.22. The lowest BCUT2D eigenvalue weighted by molar-refractivity contribution is 0.0834. The van der Waals surface area contributed by atoms with Crippen molar-refractivity contribution in [3.8, 4) is 0 Å². The van der Waals surface area contributed by atoms with Gasteiger partial charge in [0.2, 0.25) is 0 Å². The Hall–Kier alpha value is -2.77. The Kier molecular flexibility index (Phi) is 5.46. The second-order valence-corrected chi connectivity index (χ2v) is 8.22. The Labute approximate surface area is 181 Å². The molecule has 3 atom stereocenters. The van der Waals surface area contributed by atoms with Crippen molar-refractivity contribution in [1.82, 2.24) is 24.8 Å². The number of rotatable bonds is 6. The summed E-state index contributed by atoms with van der Waals surface area (Å²) in [6, 6.07) is 14.5. The maximum Gasteiger partial charge on any atom is 0.170 e. The maximum absolute atomic E-state index is 5.94. The molecule has 0 saturated carbocycles. The zero-order valence-corrected chi connectivity index (χ0v) is 17.5. The van der Waals surface area contributed by atoms with E-state index in [-0.39, 0.29) is 18.2 Å². The van der Waals surface area contributed by atoms with Crippen LogP contribution in [0.4, 0.5) is 0 Å². The van der Waals surface area contributed by atoms with Gasteiger partial charge in [0.15, 0.2) is 5.11 Å². The summed E-state index contributed by atoms with van der Waals surface area (Å²) in [7, 11) is 0. The van der Waals surface area contributed by atoms with Crippen molar-refractivity contribution in [3.63, 3.8) is 0 Å². The first kappa shape index (κ1) is 19.2. The van der Waals surface area contributed by atoms with E-state index in [4.69, 9.17) is 17.0 Å². The van der Waals surface area contributed by atoms with Crippen molar-refractivity contribution >= 4 is 17.3 Å². The van der Waals surface area contributed by atoms with Gasteiger partial charge >= 0.3 is 0 Å². The van der Waals surface area contributed by atoms with E-state index in [1.54, 1.807) is 6.20 Å². The smallest absolute Gasteiger partial charge is 0.170 e. The molecule has 0 aliphatic carbocycles. The first-order chi connectivity index (χ1) is 14.8. The highest BCUT2D eigenvalue weighted by Crippen LogP contribution is 2.39. The Bertz CT molecular complexity index is 987. The van der Waals surface area contributed by atoms with Gasteiger partial charge in [0.05, 0.1) is 23.9 Å². The Balaban J connectivity index is 1.51. The molecule has 0 bridgehead atoms. The van der Waals surface area contributed by atoms with E-state index in [0.717, 1.165) is 43.3 Å². The van der Waals surface area contributed by atoms with E-state index in [9.17, 15) is 0 Å². The number of pyridine rings is 2. The number of hydrogen-bond donors (Lipinski definition) is 1. The molecule has 5 heterocycles. The summed E-state index contributed by atoms with van der Waals surface area (Å²) in [6.07, 6.45) is 10.1. The standard InChI is InChI=1S/C23H25N5OS/c30-23-26-21(19-8-1-2-11-25-19)22(28(23)16-18-7-5-13-29-18)20-9-4-12-27(20)15-17-6-3-10-24-14-17/h1-4,6,8-12,14,18,21-22H,5,7,13,15-16H2,(H,26,30)/t18-,21-,22-/m1/s1. The SMILES string of the molecule is S=C1N[C@H](c2ccccn2)[C@@H](c2cccn2Cc2cccnc2)N1C[C@H]1CCCO1. The highest BCUT2D eigenvalue weighted by Gasteiger charge is 2.42. The second kappa shape index (κ2) is 8.53. The molecule has 1 N–H and O–H groups in total. The van der Waals surface area contributed by atoms with Crippen molar-refractivity contribution in [2.24, 2.45) is 0 Å². The molecule has 2 fully saturated rings. The molecule has 0 radical (unpaired) electrons. The third-order valence-electron chi connectivity index (χ3n) is 5.87. The molecule has 2 saturated heterocycles. The van der Waals surface area contributed by atoms with Gasteiger partial charge in [-0.3, -0.25) is 9.97 Å². The minimum absolute atomic E-state index is 0.0114. The zero-order valence-electron chi connectivity index (χ0n) is 16.7. The number of nitrogens with one attached hydrogen (secondary N) is 1. The predicted octanol–water partition coefficient (Wildman–Crippen LogP) is 3.48. The van der Waals surface area contributed by atoms with Crippen LogP contribution < -0.4 is 5.32 Å². The van der Waals surface area contributed by atoms with E-state index < -0.39 is 0 Å². The summed E-state index contributed by atoms with van der Waals surface area (Å²) in [5.41, 5.74) is 3.37. The van der Waals surface area contributed by atoms with Crippen LogP contribution in [0.2, 0.25) is 0 Å². The van der Waals surface area contributed by atoms with E-state index in [1.165, 1.54) is 11.3 Å². The minimum Gasteiger partial charge on any atom is -0.376 e. The first-order valence-corrected chi connectivity index (χ1v) is 10.8. The summed E-state index contributed by atoms with van der Waals surface area (Å²) in [6.45, 7) is 2.39. The lowest BCUT2D eigenvalue weighted by Crippen LogP contribution is -2.36. The largest absolute Gasteiger partial charge is 0.376 e. The Morgan fingerprint density at radius 3 is 2.87 bits per heavy atom. The van der Waals surface area contributed by atoms with Crippen molar-refractivity contribution in [1.29, 1.82) is 0 Å². The Morgan fingerprint density at radius 1 is 1.13 bits per heavy atom. The van der Waals surface area contributed by atoms with Crippen molar-refractivity contribution in [2.45, 2.75) is 37.6 Å². The van der Waals surface area contributed by atoms with Gasteiger partial charge in [-0.1, -0.05) is 12.1 Å². The van der Waals surface area contributed by atoms with Crippen molar-refractivity contribution in [2.75, 3.05) is 13.2 Å². The molecule has 2 aliphatic rings. The van der Waals surface area contributed by atoms with Crippen LogP contribution in [-0.2, 0) is 11.3 Å². The van der Waals surface area contributed by atoms with Crippen LogP contribution in [-0.4, -0.2) is 43.8 Å². The second-order valence-electron chi connectivity index (χ2n) is 7.84. The molecule has 6 nitrogen and oxygen atoms in total. The Morgan fingerprint density at radius 2 is 2.10 bits per heavy atom. The summed E-state index contributed by atoms with van der Waals surface area (Å²) >= 11 is 5.79. The van der Waals surface area contributed by atoms with Gasteiger partial charge in [0.1, 0.15) is 0 Å². The predicted molar refractivity (Wildman–Crippen MR) is 119 cm³/mol. The molecule has 0 spiro atoms. The molecule has 30 heavy (non-hydrogen) atoms. The number of nitrogens with zero attached hydrogens (tertiary/aromatic N) is 4. The minimum atomic E-state index is -0.0114. The van der Waals surface area contributed by atoms with Gasteiger partial charge in [-0.25, -0.2) is 0 Å². The van der Waals surface area contributed by atoms with Gasteiger partial charge in [-0.05, 0) is 61.0 Å². The summed E-state index contributed by atoms with van der Waals surface area (Å²) in [5.74, 6) is 0. The molecule has 0 unspecified atom stereocenters. The molecule has 7 heteroatoms. The quantitative estimate of drug-likeness (QED) is 0.618. The molecule has 3 aromatic rings. The molecule has 0 amide bonds. The molecule has 2 aliphatic heterocycles. The lowest BCUT2D eigenvalue weighted by Gasteiger charge is -2.30. The van der Waals surface area contributed by atoms with Crippen molar-refractivity contribution in [3.05, 3.63) is 84.2 Å². The summed E-state index contributed by atoms with van der Waals surface area (Å²) in [4.78, 5) is 11.2. The number of aromatic nitrogens is 3. The molecule has 0 aromatic carbocycles. The first-order valence-electron chi connectivity index (χ1n) is 10.4. The van der Waals surface area contributed by atoms with E-state index in [2.05, 4.69) is 55.2 Å². The average Bonchev–Trinajstić information content (AvgIpc) is 3.52. The third kappa shape index (κ3) is 3.82. The van der Waals surface area contributed by atoms with E-state index in [1.807, 2.05) is 30.6 Å². The fourth-order valence-corrected chi connectivity index (χ4v) is 4.77. The van der Waals surface area contributed by atoms with Crippen LogP contribution in [0.5, 0.6) is 0 Å². The monoisotopic (exact) mass is 419 g/mol. The number of hydrogen-bond acceptors (Lipinski definition) is 4. The average molecular weight is 420 g/mol. The van der Waals surface area contributed by atoms with Gasteiger partial charge < -0.3 is 19.5 Å². The highest BCUT2D eigenvalue weighted by atomic mass is 32.1. The van der Waals surface area contributed by atoms with E-state index in [0.29, 0.717) is 0 Å². The molecular formula is C23H25N5OS. The van der Waals surface area contributed by atoms with Crippen LogP contribution in [0.25, 0.3) is 0 Å². The van der Waals surface area contributed by atoms with E-state index >= 15 is 0 Å². The van der Waals surface area contributed by atoms with Gasteiger partial charge in [-0.2, -0.15) is 0 Å². The highest BCUT2D eigenvalue weighted by molar-refractivity contribution is 7.80. The fourth-order valence-electron chi connectivity index (χ4n) is 4.46. The van der Waals surface area contributed by atoms with Crippen molar-refractivity contribution < 1.29 is 4.74 Å². The van der Waals surface area contributed by atoms with Crippen LogP contribution in [0.15, 0.2) is 67.3 Å². The van der Waals surface area contributed by atoms with Gasteiger partial charge in [0.25, 0.3) is 0 Å². The van der Waals surface area contributed by atoms with Gasteiger partial charge in [-0.15, -0.1) is 0 Å². The van der Waals surface area contributed by atoms with Crippen LogP contribution in [0.3, 0.4) is 0 Å². The van der Waals surface area contributed by atoms with Crippen LogP contribution >= 0.6 is 12.2 Å². The van der Waals surface area contributed by atoms with Crippen LogP contribution in [0, 0.1) is 0 Å². The summed E-state index contributed by atoms with van der Waals surface area (Å²) in [5, 5.41) is 4.30. The number of ether oxygens (including phenoxy) is 1. The van der Waals surface area contributed by atoms with Gasteiger partial charge in [0, 0.05) is 50.2 Å². The molecule has 5 rings (SSSR count). The molecule has 154 valence electrons. The topological polar surface area (TPSA) is 55.2 Å². The normalized spacial score (nSPS) is 23.7. The molecule has 3 aromatic heterocycles. The fraction of sp³-hybridized carbons (Fsp3) is 0.348.